The van der Waals surface area contributed by atoms with Crippen LogP contribution in [0.5, 0.6) is 5.75 Å². The van der Waals surface area contributed by atoms with Crippen molar-refractivity contribution in [2.24, 2.45) is 5.92 Å². The molecule has 1 amide bonds. The van der Waals surface area contributed by atoms with Crippen LogP contribution in [0, 0.1) is 12.8 Å². The lowest BCUT2D eigenvalue weighted by Crippen LogP contribution is -2.32. The minimum Gasteiger partial charge on any atom is -0.508 e. The molecule has 1 aromatic rings. The molecule has 1 aromatic carbocycles. The third kappa shape index (κ3) is 2.58. The van der Waals surface area contributed by atoms with Gasteiger partial charge in [-0.25, -0.2) is 0 Å². The Kier molecular flexibility index (Phi) is 3.33. The maximum atomic E-state index is 12.0. The summed E-state index contributed by atoms with van der Waals surface area (Å²) in [5.41, 5.74) is 1.64. The number of amides is 1. The van der Waals surface area contributed by atoms with E-state index >= 15 is 0 Å². The van der Waals surface area contributed by atoms with Gasteiger partial charge < -0.3 is 15.7 Å². The van der Waals surface area contributed by atoms with E-state index in [9.17, 15) is 9.90 Å². The van der Waals surface area contributed by atoms with Crippen molar-refractivity contribution in [3.8, 4) is 5.75 Å². The van der Waals surface area contributed by atoms with Gasteiger partial charge >= 0.3 is 0 Å². The second-order valence-electron chi connectivity index (χ2n) is 4.63. The normalized spacial score (nSPS) is 23.6. The molecule has 0 saturated carbocycles. The number of aryl methyl sites for hydroxylation is 1. The molecule has 1 heterocycles. The monoisotopic (exact) mass is 234 g/mol. The highest BCUT2D eigenvalue weighted by Crippen LogP contribution is 2.22. The molecule has 92 valence electrons. The lowest BCUT2D eigenvalue weighted by molar-refractivity contribution is -0.120. The number of carbonyl (C=O) groups is 1. The molecule has 2 atom stereocenters. The van der Waals surface area contributed by atoms with Crippen LogP contribution in [-0.2, 0) is 4.79 Å². The molecule has 2 unspecified atom stereocenters. The number of anilines is 1. The lowest BCUT2D eigenvalue weighted by atomic mass is 10.0. The van der Waals surface area contributed by atoms with Crippen molar-refractivity contribution in [2.75, 3.05) is 11.9 Å². The van der Waals surface area contributed by atoms with E-state index in [1.54, 1.807) is 18.2 Å². The first kappa shape index (κ1) is 11.9. The number of phenolic OH excluding ortho intramolecular Hbond substituents is 1. The summed E-state index contributed by atoms with van der Waals surface area (Å²) in [5, 5.41) is 15.5. The standard InChI is InChI=1S/C13H18N2O2/c1-8-7-10(16)3-4-12(8)15-13(17)11-5-6-14-9(11)2/h3-4,7,9,11,14,16H,5-6H2,1-2H3,(H,15,17). The van der Waals surface area contributed by atoms with Crippen LogP contribution in [0.25, 0.3) is 0 Å². The zero-order valence-corrected chi connectivity index (χ0v) is 10.2. The molecule has 0 bridgehead atoms. The van der Waals surface area contributed by atoms with Crippen LogP contribution < -0.4 is 10.6 Å². The SMILES string of the molecule is Cc1cc(O)ccc1NC(=O)C1CCNC1C. The summed E-state index contributed by atoms with van der Waals surface area (Å²) in [5.74, 6) is 0.302. The van der Waals surface area contributed by atoms with Gasteiger partial charge in [0.05, 0.1) is 5.92 Å². The highest BCUT2D eigenvalue weighted by atomic mass is 16.3. The Morgan fingerprint density at radius 1 is 1.53 bits per heavy atom. The van der Waals surface area contributed by atoms with E-state index in [4.69, 9.17) is 0 Å². The molecule has 1 saturated heterocycles. The maximum Gasteiger partial charge on any atom is 0.229 e. The Bertz CT molecular complexity index is 431. The topological polar surface area (TPSA) is 61.4 Å². The predicted molar refractivity (Wildman–Crippen MR) is 67.0 cm³/mol. The molecule has 0 spiro atoms. The van der Waals surface area contributed by atoms with Gasteiger partial charge in [-0.05, 0) is 50.6 Å². The number of rotatable bonds is 2. The Morgan fingerprint density at radius 3 is 2.88 bits per heavy atom. The van der Waals surface area contributed by atoms with Gasteiger partial charge in [0.2, 0.25) is 5.91 Å². The van der Waals surface area contributed by atoms with E-state index in [2.05, 4.69) is 10.6 Å². The largest absolute Gasteiger partial charge is 0.508 e. The maximum absolute atomic E-state index is 12.0. The molecule has 1 aliphatic heterocycles. The minimum atomic E-state index is 0.0307. The summed E-state index contributed by atoms with van der Waals surface area (Å²) in [7, 11) is 0. The van der Waals surface area contributed by atoms with E-state index in [-0.39, 0.29) is 23.6 Å². The molecule has 1 fully saturated rings. The fraction of sp³-hybridized carbons (Fsp3) is 0.462. The summed E-state index contributed by atoms with van der Waals surface area (Å²) in [4.78, 5) is 12.0. The summed E-state index contributed by atoms with van der Waals surface area (Å²) in [6.07, 6.45) is 0.879. The van der Waals surface area contributed by atoms with Crippen molar-refractivity contribution in [3.63, 3.8) is 0 Å². The number of hydrogen-bond donors (Lipinski definition) is 3. The van der Waals surface area contributed by atoms with Gasteiger partial charge in [0.1, 0.15) is 5.75 Å². The van der Waals surface area contributed by atoms with E-state index in [1.165, 1.54) is 0 Å². The Balaban J connectivity index is 2.07. The van der Waals surface area contributed by atoms with Gasteiger partial charge in [-0.2, -0.15) is 0 Å². The summed E-state index contributed by atoms with van der Waals surface area (Å²) in [6.45, 7) is 4.79. The average Bonchev–Trinajstić information content (AvgIpc) is 2.68. The van der Waals surface area contributed by atoms with Crippen LogP contribution in [0.15, 0.2) is 18.2 Å². The van der Waals surface area contributed by atoms with Crippen LogP contribution in [0.3, 0.4) is 0 Å². The minimum absolute atomic E-state index is 0.0307. The van der Waals surface area contributed by atoms with Crippen molar-refractivity contribution in [3.05, 3.63) is 23.8 Å². The quantitative estimate of drug-likeness (QED) is 0.682. The molecule has 17 heavy (non-hydrogen) atoms. The Hall–Kier alpha value is -1.55. The number of nitrogens with one attached hydrogen (secondary N) is 2. The first-order chi connectivity index (χ1) is 8.08. The second kappa shape index (κ2) is 4.75. The zero-order valence-electron chi connectivity index (χ0n) is 10.2. The third-order valence-corrected chi connectivity index (χ3v) is 3.33. The smallest absolute Gasteiger partial charge is 0.229 e. The molecule has 0 radical (unpaired) electrons. The van der Waals surface area contributed by atoms with Crippen LogP contribution >= 0.6 is 0 Å². The molecule has 0 aliphatic carbocycles. The van der Waals surface area contributed by atoms with Gasteiger partial charge in [-0.3, -0.25) is 4.79 Å². The lowest BCUT2D eigenvalue weighted by Gasteiger charge is -2.16. The summed E-state index contributed by atoms with van der Waals surface area (Å²) in [6, 6.07) is 5.19. The zero-order chi connectivity index (χ0) is 12.4. The predicted octanol–water partition coefficient (Wildman–Crippen LogP) is 1.64. The van der Waals surface area contributed by atoms with E-state index in [1.807, 2.05) is 13.8 Å². The van der Waals surface area contributed by atoms with Crippen LogP contribution in [0.1, 0.15) is 18.9 Å². The first-order valence-electron chi connectivity index (χ1n) is 5.92. The van der Waals surface area contributed by atoms with Crippen LogP contribution in [0.4, 0.5) is 5.69 Å². The van der Waals surface area contributed by atoms with Crippen molar-refractivity contribution in [1.82, 2.24) is 5.32 Å². The molecule has 1 aliphatic rings. The highest BCUT2D eigenvalue weighted by Gasteiger charge is 2.29. The summed E-state index contributed by atoms with van der Waals surface area (Å²) < 4.78 is 0. The van der Waals surface area contributed by atoms with Gasteiger partial charge in [0.25, 0.3) is 0 Å². The van der Waals surface area contributed by atoms with E-state index in [0.717, 1.165) is 24.2 Å². The number of phenols is 1. The number of carbonyl (C=O) groups excluding carboxylic acids is 1. The van der Waals surface area contributed by atoms with Crippen molar-refractivity contribution in [2.45, 2.75) is 26.3 Å². The Labute approximate surface area is 101 Å². The molecule has 0 aromatic heterocycles. The van der Waals surface area contributed by atoms with Crippen LogP contribution in [0.2, 0.25) is 0 Å². The van der Waals surface area contributed by atoms with Gasteiger partial charge in [-0.15, -0.1) is 0 Å². The highest BCUT2D eigenvalue weighted by molar-refractivity contribution is 5.94. The fourth-order valence-electron chi connectivity index (χ4n) is 2.23. The molecular weight excluding hydrogens is 216 g/mol. The molecular formula is C13H18N2O2. The molecule has 3 N–H and O–H groups in total. The first-order valence-corrected chi connectivity index (χ1v) is 5.92. The number of benzene rings is 1. The average molecular weight is 234 g/mol. The molecule has 4 heteroatoms. The van der Waals surface area contributed by atoms with E-state index < -0.39 is 0 Å². The fourth-order valence-corrected chi connectivity index (χ4v) is 2.23. The molecule has 4 nitrogen and oxygen atoms in total. The molecule has 2 rings (SSSR count). The van der Waals surface area contributed by atoms with Gasteiger partial charge in [0, 0.05) is 11.7 Å². The van der Waals surface area contributed by atoms with E-state index in [0.29, 0.717) is 0 Å². The van der Waals surface area contributed by atoms with Gasteiger partial charge in [-0.1, -0.05) is 0 Å². The Morgan fingerprint density at radius 2 is 2.29 bits per heavy atom. The number of hydrogen-bond acceptors (Lipinski definition) is 3. The number of aromatic hydroxyl groups is 1. The summed E-state index contributed by atoms with van der Waals surface area (Å²) >= 11 is 0. The van der Waals surface area contributed by atoms with Crippen molar-refractivity contribution >= 4 is 11.6 Å². The van der Waals surface area contributed by atoms with Gasteiger partial charge in [0.15, 0.2) is 0 Å². The third-order valence-electron chi connectivity index (χ3n) is 3.33. The van der Waals surface area contributed by atoms with Crippen molar-refractivity contribution in [1.29, 1.82) is 0 Å². The van der Waals surface area contributed by atoms with Crippen molar-refractivity contribution < 1.29 is 9.90 Å². The van der Waals surface area contributed by atoms with Crippen LogP contribution in [-0.4, -0.2) is 23.6 Å². The second-order valence-corrected chi connectivity index (χ2v) is 4.63.